The summed E-state index contributed by atoms with van der Waals surface area (Å²) >= 11 is 3.18. The van der Waals surface area contributed by atoms with Crippen molar-refractivity contribution in [2.45, 2.75) is 34.8 Å². The first kappa shape index (κ1) is 17.5. The first-order valence-electron chi connectivity index (χ1n) is 7.56. The van der Waals surface area contributed by atoms with E-state index in [-0.39, 0.29) is 16.1 Å². The summed E-state index contributed by atoms with van der Waals surface area (Å²) in [5.74, 6) is -0.0889. The molecule has 5 nitrogen and oxygen atoms in total. The van der Waals surface area contributed by atoms with Gasteiger partial charge in [-0.05, 0) is 36.1 Å². The molecule has 1 amide bonds. The Balaban J connectivity index is 1.75. The number of thioether (sulfide) groups is 1. The molecule has 0 spiro atoms. The fourth-order valence-corrected chi connectivity index (χ4v) is 5.26. The van der Waals surface area contributed by atoms with Crippen molar-refractivity contribution in [3.05, 3.63) is 40.6 Å². The lowest BCUT2D eigenvalue weighted by atomic mass is 10.3. The molecule has 8 heteroatoms. The molecule has 3 rings (SSSR count). The summed E-state index contributed by atoms with van der Waals surface area (Å²) in [7, 11) is -3.60. The molecule has 0 unspecified atom stereocenters. The van der Waals surface area contributed by atoms with Crippen molar-refractivity contribution < 1.29 is 13.2 Å². The molecule has 0 aliphatic carbocycles. The monoisotopic (exact) mass is 382 g/mol. The number of carbonyl (C=O) groups excluding carboxylic acids is 1. The van der Waals surface area contributed by atoms with Crippen molar-refractivity contribution in [2.75, 3.05) is 11.9 Å². The number of nitrogens with one attached hydrogen (secondary N) is 2. The second kappa shape index (κ2) is 7.26. The Kier molecular flexibility index (Phi) is 5.29. The Morgan fingerprint density at radius 1 is 1.33 bits per heavy atom. The molecule has 0 radical (unpaired) electrons. The topological polar surface area (TPSA) is 75.3 Å². The Morgan fingerprint density at radius 3 is 2.92 bits per heavy atom. The van der Waals surface area contributed by atoms with E-state index in [0.717, 1.165) is 9.77 Å². The largest absolute Gasteiger partial charge is 0.325 e. The van der Waals surface area contributed by atoms with E-state index >= 15 is 0 Å². The average molecular weight is 383 g/mol. The molecule has 1 atom stereocenters. The standard InChI is InChI=1S/C16H18N2O3S3/c1-11-9-16(19)18-14-10-13(4-5-15(14)23-11)24(20,21)17-7-6-12-3-2-8-22-12/h2-5,8,10-11,17H,6-7,9H2,1H3,(H,18,19)/t11-/m1/s1. The third-order valence-corrected chi connectivity index (χ3v) is 7.15. The summed E-state index contributed by atoms with van der Waals surface area (Å²) < 4.78 is 27.5. The molecular formula is C16H18N2O3S3. The fraction of sp³-hybridized carbons (Fsp3) is 0.312. The molecule has 1 aliphatic rings. The molecule has 0 saturated carbocycles. The van der Waals surface area contributed by atoms with Gasteiger partial charge >= 0.3 is 0 Å². The normalized spacial score (nSPS) is 17.9. The van der Waals surface area contributed by atoms with Crippen LogP contribution in [0.1, 0.15) is 18.2 Å². The minimum absolute atomic E-state index is 0.0889. The number of benzene rings is 1. The lowest BCUT2D eigenvalue weighted by molar-refractivity contribution is -0.116. The van der Waals surface area contributed by atoms with E-state index < -0.39 is 10.0 Å². The zero-order valence-corrected chi connectivity index (χ0v) is 15.6. The molecule has 1 aromatic heterocycles. The van der Waals surface area contributed by atoms with Crippen molar-refractivity contribution >= 4 is 44.7 Å². The maximum atomic E-state index is 12.5. The number of sulfonamides is 1. The Hall–Kier alpha value is -1.35. The van der Waals surface area contributed by atoms with Crippen molar-refractivity contribution in [2.24, 2.45) is 0 Å². The van der Waals surface area contributed by atoms with Crippen LogP contribution in [-0.2, 0) is 21.2 Å². The molecule has 2 N–H and O–H groups in total. The number of carbonyl (C=O) groups is 1. The van der Waals surface area contributed by atoms with Crippen LogP contribution in [0.15, 0.2) is 45.5 Å². The van der Waals surface area contributed by atoms with E-state index in [1.807, 2.05) is 24.4 Å². The summed E-state index contributed by atoms with van der Waals surface area (Å²) in [4.78, 5) is 14.0. The minimum Gasteiger partial charge on any atom is -0.325 e. The number of rotatable bonds is 5. The van der Waals surface area contributed by atoms with Crippen molar-refractivity contribution in [1.29, 1.82) is 0 Å². The maximum absolute atomic E-state index is 12.5. The second-order valence-corrected chi connectivity index (χ2v) is 9.85. The molecule has 1 aliphatic heterocycles. The van der Waals surface area contributed by atoms with Crippen LogP contribution in [0.5, 0.6) is 0 Å². The van der Waals surface area contributed by atoms with Crippen LogP contribution in [0.4, 0.5) is 5.69 Å². The first-order valence-corrected chi connectivity index (χ1v) is 10.8. The Morgan fingerprint density at radius 2 is 2.17 bits per heavy atom. The van der Waals surface area contributed by atoms with Crippen LogP contribution in [0, 0.1) is 0 Å². The third kappa shape index (κ3) is 4.18. The number of fused-ring (bicyclic) bond motifs is 1. The highest BCUT2D eigenvalue weighted by Crippen LogP contribution is 2.36. The van der Waals surface area contributed by atoms with E-state index in [0.29, 0.717) is 25.1 Å². The molecule has 24 heavy (non-hydrogen) atoms. The van der Waals surface area contributed by atoms with Gasteiger partial charge in [0.25, 0.3) is 0 Å². The van der Waals surface area contributed by atoms with E-state index in [1.165, 1.54) is 6.07 Å². The summed E-state index contributed by atoms with van der Waals surface area (Å²) in [5.41, 5.74) is 0.565. The smallest absolute Gasteiger partial charge is 0.240 e. The van der Waals surface area contributed by atoms with Gasteiger partial charge in [-0.1, -0.05) is 13.0 Å². The molecule has 2 heterocycles. The highest BCUT2D eigenvalue weighted by molar-refractivity contribution is 8.00. The predicted octanol–water partition coefficient (Wildman–Crippen LogP) is 3.09. The predicted molar refractivity (Wildman–Crippen MR) is 98.2 cm³/mol. The highest BCUT2D eigenvalue weighted by Gasteiger charge is 2.22. The number of anilines is 1. The van der Waals surface area contributed by atoms with Crippen molar-refractivity contribution in [1.82, 2.24) is 4.72 Å². The lowest BCUT2D eigenvalue weighted by Crippen LogP contribution is -2.26. The Labute approximate surface area is 149 Å². The van der Waals surface area contributed by atoms with Gasteiger partial charge < -0.3 is 5.32 Å². The molecular weight excluding hydrogens is 364 g/mol. The molecule has 0 fully saturated rings. The van der Waals surface area contributed by atoms with Crippen molar-refractivity contribution in [3.8, 4) is 0 Å². The molecule has 0 saturated heterocycles. The third-order valence-electron chi connectivity index (χ3n) is 3.58. The SMILES string of the molecule is C[C@@H]1CC(=O)Nc2cc(S(=O)(=O)NCCc3cccs3)ccc2S1. The van der Waals surface area contributed by atoms with E-state index in [4.69, 9.17) is 0 Å². The number of thiophene rings is 1. The summed E-state index contributed by atoms with van der Waals surface area (Å²) in [6, 6.07) is 8.81. The maximum Gasteiger partial charge on any atom is 0.240 e. The summed E-state index contributed by atoms with van der Waals surface area (Å²) in [6.07, 6.45) is 1.08. The van der Waals surface area contributed by atoms with Gasteiger partial charge in [0.1, 0.15) is 0 Å². The van der Waals surface area contributed by atoms with E-state index in [1.54, 1.807) is 35.2 Å². The van der Waals surface area contributed by atoms with Gasteiger partial charge in [-0.2, -0.15) is 0 Å². The van der Waals surface area contributed by atoms with E-state index in [9.17, 15) is 13.2 Å². The number of amides is 1. The first-order chi connectivity index (χ1) is 11.4. The van der Waals surface area contributed by atoms with Gasteiger partial charge in [0.2, 0.25) is 15.9 Å². The quantitative estimate of drug-likeness (QED) is 0.833. The van der Waals surface area contributed by atoms with Crippen LogP contribution >= 0.6 is 23.1 Å². The van der Waals surface area contributed by atoms with Gasteiger partial charge in [0.05, 0.1) is 10.6 Å². The van der Waals surface area contributed by atoms with Crippen LogP contribution < -0.4 is 10.0 Å². The molecule has 0 bridgehead atoms. The van der Waals surface area contributed by atoms with Crippen LogP contribution in [0.2, 0.25) is 0 Å². The van der Waals surface area contributed by atoms with Gasteiger partial charge in [-0.3, -0.25) is 4.79 Å². The number of hydrogen-bond acceptors (Lipinski definition) is 5. The fourth-order valence-electron chi connectivity index (χ4n) is 2.44. The zero-order chi connectivity index (χ0) is 17.2. The van der Waals surface area contributed by atoms with Crippen molar-refractivity contribution in [3.63, 3.8) is 0 Å². The minimum atomic E-state index is -3.60. The van der Waals surface area contributed by atoms with Gasteiger partial charge in [0.15, 0.2) is 0 Å². The van der Waals surface area contributed by atoms with Gasteiger partial charge in [-0.25, -0.2) is 13.1 Å². The van der Waals surface area contributed by atoms with E-state index in [2.05, 4.69) is 10.0 Å². The lowest BCUT2D eigenvalue weighted by Gasteiger charge is -2.11. The van der Waals surface area contributed by atoms with Crippen LogP contribution in [0.25, 0.3) is 0 Å². The van der Waals surface area contributed by atoms with Gasteiger partial charge in [0, 0.05) is 28.0 Å². The summed E-state index contributed by atoms with van der Waals surface area (Å²) in [6.45, 7) is 2.33. The second-order valence-electron chi connectivity index (χ2n) is 5.57. The highest BCUT2D eigenvalue weighted by atomic mass is 32.2. The molecule has 2 aromatic rings. The number of hydrogen-bond donors (Lipinski definition) is 2. The summed E-state index contributed by atoms with van der Waals surface area (Å²) in [5, 5.41) is 4.93. The average Bonchev–Trinajstić information content (AvgIpc) is 2.96. The molecule has 1 aromatic carbocycles. The zero-order valence-electron chi connectivity index (χ0n) is 13.1. The Bertz CT molecular complexity index is 832. The van der Waals surface area contributed by atoms with Crippen LogP contribution in [0.3, 0.4) is 0 Å². The van der Waals surface area contributed by atoms with Crippen LogP contribution in [-0.4, -0.2) is 26.1 Å². The van der Waals surface area contributed by atoms with Gasteiger partial charge in [-0.15, -0.1) is 23.1 Å². The molecule has 128 valence electrons.